The number of aryl methyl sites for hydroxylation is 2. The van der Waals surface area contributed by atoms with Gasteiger partial charge in [-0.15, -0.1) is 0 Å². The Bertz CT molecular complexity index is 662. The quantitative estimate of drug-likeness (QED) is 0.732. The number of hydrogen-bond donors (Lipinski definition) is 0. The van der Waals surface area contributed by atoms with E-state index >= 15 is 0 Å². The molecule has 2 aromatic rings. The van der Waals surface area contributed by atoms with Crippen LogP contribution in [0.2, 0.25) is 0 Å². The van der Waals surface area contributed by atoms with E-state index in [1.54, 1.807) is 14.2 Å². The largest absolute Gasteiger partial charge is 0.496 e. The van der Waals surface area contributed by atoms with Crippen LogP contribution in [0.15, 0.2) is 40.9 Å². The van der Waals surface area contributed by atoms with Crippen molar-refractivity contribution in [3.05, 3.63) is 63.1 Å². The summed E-state index contributed by atoms with van der Waals surface area (Å²) in [7, 11) is 3.31. The molecular weight excluding hydrogens is 319 g/mol. The van der Waals surface area contributed by atoms with Gasteiger partial charge in [0.1, 0.15) is 16.0 Å². The zero-order chi connectivity index (χ0) is 16.3. The summed E-state index contributed by atoms with van der Waals surface area (Å²) in [6.45, 7) is 3.97. The van der Waals surface area contributed by atoms with Crippen LogP contribution in [-0.2, 0) is 0 Å². The normalized spacial score (nSPS) is 10.3. The molecule has 2 aromatic carbocycles. The SMILES string of the molecule is COc1ccc(C(=C(Cl)Cl)c2ccc(OC)c(C)c2)cc1C. The van der Waals surface area contributed by atoms with Gasteiger partial charge >= 0.3 is 0 Å². The molecule has 22 heavy (non-hydrogen) atoms. The molecular formula is C18H18Cl2O2. The maximum Gasteiger partial charge on any atom is 0.121 e. The number of hydrogen-bond acceptors (Lipinski definition) is 2. The summed E-state index contributed by atoms with van der Waals surface area (Å²) < 4.78 is 10.8. The van der Waals surface area contributed by atoms with E-state index in [1.807, 2.05) is 50.2 Å². The highest BCUT2D eigenvalue weighted by Gasteiger charge is 2.13. The molecule has 2 nitrogen and oxygen atoms in total. The molecule has 0 spiro atoms. The molecule has 0 amide bonds. The molecule has 0 saturated carbocycles. The summed E-state index contributed by atoms with van der Waals surface area (Å²) in [5.41, 5.74) is 4.74. The Morgan fingerprint density at radius 2 is 1.18 bits per heavy atom. The van der Waals surface area contributed by atoms with Crippen LogP contribution >= 0.6 is 23.2 Å². The highest BCUT2D eigenvalue weighted by molar-refractivity contribution is 6.59. The minimum atomic E-state index is 0.231. The zero-order valence-electron chi connectivity index (χ0n) is 13.0. The molecule has 2 rings (SSSR count). The second kappa shape index (κ2) is 7.08. The smallest absolute Gasteiger partial charge is 0.121 e. The fraction of sp³-hybridized carbons (Fsp3) is 0.222. The van der Waals surface area contributed by atoms with E-state index in [2.05, 4.69) is 0 Å². The third-order valence-corrected chi connectivity index (χ3v) is 3.93. The van der Waals surface area contributed by atoms with Crippen molar-refractivity contribution in [2.24, 2.45) is 0 Å². The summed E-state index contributed by atoms with van der Waals surface area (Å²) in [6, 6.07) is 11.8. The number of halogens is 2. The van der Waals surface area contributed by atoms with Gasteiger partial charge in [0.15, 0.2) is 0 Å². The molecule has 0 fully saturated rings. The molecule has 0 aromatic heterocycles. The third kappa shape index (κ3) is 3.40. The molecule has 0 saturated heterocycles. The Labute approximate surface area is 141 Å². The predicted molar refractivity (Wildman–Crippen MR) is 93.2 cm³/mol. The maximum atomic E-state index is 6.15. The topological polar surface area (TPSA) is 18.5 Å². The second-order valence-corrected chi connectivity index (χ2v) is 5.95. The first kappa shape index (κ1) is 16.7. The van der Waals surface area contributed by atoms with Crippen molar-refractivity contribution in [2.75, 3.05) is 14.2 Å². The average molecular weight is 337 g/mol. The van der Waals surface area contributed by atoms with Crippen LogP contribution in [0.1, 0.15) is 22.3 Å². The van der Waals surface area contributed by atoms with E-state index in [-0.39, 0.29) is 4.49 Å². The van der Waals surface area contributed by atoms with Gasteiger partial charge in [-0.3, -0.25) is 0 Å². The van der Waals surface area contributed by atoms with E-state index in [1.165, 1.54) is 0 Å². The average Bonchev–Trinajstić information content (AvgIpc) is 2.47. The molecule has 0 aliphatic heterocycles. The molecule has 0 aliphatic rings. The lowest BCUT2D eigenvalue weighted by molar-refractivity contribution is 0.411. The Balaban J connectivity index is 2.55. The highest BCUT2D eigenvalue weighted by Crippen LogP contribution is 2.35. The van der Waals surface area contributed by atoms with Crippen LogP contribution in [0.25, 0.3) is 5.57 Å². The second-order valence-electron chi connectivity index (χ2n) is 5.00. The van der Waals surface area contributed by atoms with Gasteiger partial charge in [0.05, 0.1) is 14.2 Å². The van der Waals surface area contributed by atoms with Gasteiger partial charge in [-0.05, 0) is 60.4 Å². The van der Waals surface area contributed by atoms with Crippen molar-refractivity contribution in [3.63, 3.8) is 0 Å². The van der Waals surface area contributed by atoms with Gasteiger partial charge in [-0.1, -0.05) is 35.3 Å². The van der Waals surface area contributed by atoms with Gasteiger partial charge in [0.2, 0.25) is 0 Å². The first-order valence-corrected chi connectivity index (χ1v) is 7.58. The van der Waals surface area contributed by atoms with Crippen molar-refractivity contribution in [1.82, 2.24) is 0 Å². The van der Waals surface area contributed by atoms with Crippen molar-refractivity contribution in [3.8, 4) is 11.5 Å². The first-order chi connectivity index (χ1) is 10.5. The fourth-order valence-corrected chi connectivity index (χ4v) is 2.89. The summed E-state index contributed by atoms with van der Waals surface area (Å²) in [4.78, 5) is 0. The van der Waals surface area contributed by atoms with Gasteiger partial charge in [-0.25, -0.2) is 0 Å². The minimum absolute atomic E-state index is 0.231. The van der Waals surface area contributed by atoms with Crippen LogP contribution in [0.3, 0.4) is 0 Å². The van der Waals surface area contributed by atoms with Crippen LogP contribution in [-0.4, -0.2) is 14.2 Å². The summed E-state index contributed by atoms with van der Waals surface area (Å²) >= 11 is 12.3. The van der Waals surface area contributed by atoms with Crippen LogP contribution in [0.5, 0.6) is 11.5 Å². The highest BCUT2D eigenvalue weighted by atomic mass is 35.5. The fourth-order valence-electron chi connectivity index (χ4n) is 2.45. The molecule has 0 atom stereocenters. The lowest BCUT2D eigenvalue weighted by atomic mass is 9.96. The van der Waals surface area contributed by atoms with E-state index in [0.29, 0.717) is 0 Å². The van der Waals surface area contributed by atoms with Crippen molar-refractivity contribution < 1.29 is 9.47 Å². The zero-order valence-corrected chi connectivity index (χ0v) is 14.5. The Hall–Kier alpha value is -1.64. The Morgan fingerprint density at radius 1 is 0.773 bits per heavy atom. The van der Waals surface area contributed by atoms with Gasteiger partial charge in [-0.2, -0.15) is 0 Å². The summed E-state index contributed by atoms with van der Waals surface area (Å²) in [6.07, 6.45) is 0. The number of rotatable bonds is 4. The van der Waals surface area contributed by atoms with Gasteiger partial charge in [0.25, 0.3) is 0 Å². The van der Waals surface area contributed by atoms with Gasteiger partial charge in [0, 0.05) is 5.57 Å². The lowest BCUT2D eigenvalue weighted by Crippen LogP contribution is -1.94. The van der Waals surface area contributed by atoms with E-state index in [0.717, 1.165) is 39.3 Å². The molecule has 116 valence electrons. The third-order valence-electron chi connectivity index (χ3n) is 3.56. The van der Waals surface area contributed by atoms with Crippen molar-refractivity contribution >= 4 is 28.8 Å². The monoisotopic (exact) mass is 336 g/mol. The van der Waals surface area contributed by atoms with Crippen LogP contribution in [0.4, 0.5) is 0 Å². The Kier molecular flexibility index (Phi) is 5.38. The van der Waals surface area contributed by atoms with E-state index in [4.69, 9.17) is 32.7 Å². The van der Waals surface area contributed by atoms with Crippen molar-refractivity contribution in [1.29, 1.82) is 0 Å². The van der Waals surface area contributed by atoms with Gasteiger partial charge < -0.3 is 9.47 Å². The van der Waals surface area contributed by atoms with Crippen LogP contribution < -0.4 is 9.47 Å². The standard InChI is InChI=1S/C18H18Cl2O2/c1-11-9-13(5-7-15(11)21-3)17(18(19)20)14-6-8-16(22-4)12(2)10-14/h5-10H,1-4H3. The van der Waals surface area contributed by atoms with E-state index < -0.39 is 0 Å². The maximum absolute atomic E-state index is 6.15. The first-order valence-electron chi connectivity index (χ1n) is 6.83. The molecule has 0 N–H and O–H groups in total. The molecule has 0 radical (unpaired) electrons. The predicted octanol–water partition coefficient (Wildman–Crippen LogP) is 5.52. The molecule has 4 heteroatoms. The number of ether oxygens (including phenoxy) is 2. The van der Waals surface area contributed by atoms with Crippen LogP contribution in [0, 0.1) is 13.8 Å². The molecule has 0 aliphatic carbocycles. The number of benzene rings is 2. The minimum Gasteiger partial charge on any atom is -0.496 e. The number of methoxy groups -OCH3 is 2. The summed E-state index contributed by atoms with van der Waals surface area (Å²) in [5.74, 6) is 1.67. The summed E-state index contributed by atoms with van der Waals surface area (Å²) in [5, 5.41) is 0. The van der Waals surface area contributed by atoms with E-state index in [9.17, 15) is 0 Å². The Morgan fingerprint density at radius 3 is 1.45 bits per heavy atom. The lowest BCUT2D eigenvalue weighted by Gasteiger charge is -2.13. The molecule has 0 unspecified atom stereocenters. The van der Waals surface area contributed by atoms with Crippen molar-refractivity contribution in [2.45, 2.75) is 13.8 Å². The molecule has 0 bridgehead atoms. The molecule has 0 heterocycles.